The molecule has 138 valence electrons. The molecule has 2 aromatic carbocycles. The summed E-state index contributed by atoms with van der Waals surface area (Å²) in [4.78, 5) is 16.7. The van der Waals surface area contributed by atoms with Gasteiger partial charge in [-0.3, -0.25) is 4.98 Å². The maximum Gasteiger partial charge on any atom is 0.346 e. The average molecular weight is 363 g/mol. The zero-order valence-corrected chi connectivity index (χ0v) is 15.5. The van der Waals surface area contributed by atoms with E-state index in [0.29, 0.717) is 5.75 Å². The number of nitrogens with zero attached hydrogens (tertiary/aromatic N) is 1. The third-order valence-corrected chi connectivity index (χ3v) is 4.39. The molecule has 3 rings (SSSR count). The summed E-state index contributed by atoms with van der Waals surface area (Å²) in [6, 6.07) is 15.7. The largest absolute Gasteiger partial charge is 0.423 e. The zero-order valence-electron chi connectivity index (χ0n) is 15.5. The minimum atomic E-state index is -0.700. The van der Waals surface area contributed by atoms with Crippen molar-refractivity contribution in [1.82, 2.24) is 4.98 Å². The molecule has 0 aliphatic carbocycles. The van der Waals surface area contributed by atoms with Gasteiger partial charge in [0, 0.05) is 11.8 Å². The first kappa shape index (κ1) is 18.8. The number of esters is 1. The molecule has 0 fully saturated rings. The van der Waals surface area contributed by atoms with E-state index in [2.05, 4.69) is 11.9 Å². The summed E-state index contributed by atoms with van der Waals surface area (Å²) < 4.78 is 19.5. The van der Waals surface area contributed by atoms with Crippen LogP contribution in [0.25, 0.3) is 11.3 Å². The summed E-state index contributed by atoms with van der Waals surface area (Å²) in [6.45, 7) is 4.11. The van der Waals surface area contributed by atoms with Gasteiger partial charge in [-0.15, -0.1) is 0 Å². The summed E-state index contributed by atoms with van der Waals surface area (Å²) in [5.74, 6) is -0.887. The molecule has 0 N–H and O–H groups in total. The molecule has 0 saturated carbocycles. The van der Waals surface area contributed by atoms with Crippen LogP contribution < -0.4 is 4.74 Å². The SMILES string of the molecule is CCCc1ccc(C(=O)Oc2ccc(-c3ccc(CC)cn3)cc2)c(F)c1. The smallest absolute Gasteiger partial charge is 0.346 e. The fraction of sp³-hybridized carbons (Fsp3) is 0.217. The molecular formula is C23H22FNO2. The van der Waals surface area contributed by atoms with Crippen molar-refractivity contribution in [2.24, 2.45) is 0 Å². The van der Waals surface area contributed by atoms with E-state index in [0.717, 1.165) is 36.1 Å². The number of rotatable bonds is 6. The lowest BCUT2D eigenvalue weighted by atomic mass is 10.1. The topological polar surface area (TPSA) is 39.2 Å². The van der Waals surface area contributed by atoms with Gasteiger partial charge in [0.05, 0.1) is 11.3 Å². The molecule has 0 radical (unpaired) electrons. The van der Waals surface area contributed by atoms with Crippen LogP contribution in [0.5, 0.6) is 5.75 Å². The van der Waals surface area contributed by atoms with Crippen LogP contribution in [0.2, 0.25) is 0 Å². The van der Waals surface area contributed by atoms with Gasteiger partial charge in [-0.2, -0.15) is 0 Å². The van der Waals surface area contributed by atoms with E-state index in [1.54, 1.807) is 18.2 Å². The first-order chi connectivity index (χ1) is 13.1. The van der Waals surface area contributed by atoms with Crippen LogP contribution in [-0.4, -0.2) is 11.0 Å². The van der Waals surface area contributed by atoms with Gasteiger partial charge in [0.25, 0.3) is 0 Å². The minimum absolute atomic E-state index is 0.0595. The van der Waals surface area contributed by atoms with Crippen molar-refractivity contribution in [2.45, 2.75) is 33.1 Å². The summed E-state index contributed by atoms with van der Waals surface area (Å²) in [5, 5.41) is 0. The Bertz CT molecular complexity index is 918. The Labute approximate surface area is 158 Å². The van der Waals surface area contributed by atoms with Crippen LogP contribution >= 0.6 is 0 Å². The number of ether oxygens (including phenoxy) is 1. The van der Waals surface area contributed by atoms with Crippen molar-refractivity contribution in [1.29, 1.82) is 0 Å². The lowest BCUT2D eigenvalue weighted by Crippen LogP contribution is -2.11. The minimum Gasteiger partial charge on any atom is -0.423 e. The van der Waals surface area contributed by atoms with E-state index in [1.165, 1.54) is 17.7 Å². The molecule has 27 heavy (non-hydrogen) atoms. The zero-order chi connectivity index (χ0) is 19.2. The average Bonchev–Trinajstić information content (AvgIpc) is 2.69. The van der Waals surface area contributed by atoms with Crippen molar-refractivity contribution in [3.8, 4) is 17.0 Å². The highest BCUT2D eigenvalue weighted by atomic mass is 19.1. The van der Waals surface area contributed by atoms with E-state index in [4.69, 9.17) is 4.74 Å². The van der Waals surface area contributed by atoms with Crippen LogP contribution in [0, 0.1) is 5.82 Å². The molecule has 0 aliphatic heterocycles. The van der Waals surface area contributed by atoms with Gasteiger partial charge in [-0.1, -0.05) is 32.4 Å². The van der Waals surface area contributed by atoms with E-state index < -0.39 is 11.8 Å². The van der Waals surface area contributed by atoms with Crippen molar-refractivity contribution in [2.75, 3.05) is 0 Å². The van der Waals surface area contributed by atoms with E-state index in [9.17, 15) is 9.18 Å². The van der Waals surface area contributed by atoms with Crippen molar-refractivity contribution < 1.29 is 13.9 Å². The van der Waals surface area contributed by atoms with Crippen LogP contribution in [0.15, 0.2) is 60.8 Å². The van der Waals surface area contributed by atoms with Gasteiger partial charge in [-0.25, -0.2) is 9.18 Å². The first-order valence-corrected chi connectivity index (χ1v) is 9.16. The van der Waals surface area contributed by atoms with Crippen LogP contribution in [0.3, 0.4) is 0 Å². The van der Waals surface area contributed by atoms with Gasteiger partial charge >= 0.3 is 5.97 Å². The number of aromatic nitrogens is 1. The summed E-state index contributed by atoms with van der Waals surface area (Å²) in [5.41, 5.74) is 3.76. The molecule has 1 aromatic heterocycles. The van der Waals surface area contributed by atoms with Crippen LogP contribution in [0.1, 0.15) is 41.8 Å². The van der Waals surface area contributed by atoms with Crippen molar-refractivity contribution in [3.63, 3.8) is 0 Å². The number of hydrogen-bond acceptors (Lipinski definition) is 3. The number of hydrogen-bond donors (Lipinski definition) is 0. The lowest BCUT2D eigenvalue weighted by Gasteiger charge is -2.08. The Morgan fingerprint density at radius 2 is 1.74 bits per heavy atom. The highest BCUT2D eigenvalue weighted by Gasteiger charge is 2.14. The monoisotopic (exact) mass is 363 g/mol. The van der Waals surface area contributed by atoms with Crippen LogP contribution in [-0.2, 0) is 12.8 Å². The van der Waals surface area contributed by atoms with Crippen LogP contribution in [0.4, 0.5) is 4.39 Å². The second kappa shape index (κ2) is 8.58. The Morgan fingerprint density at radius 3 is 2.33 bits per heavy atom. The highest BCUT2D eigenvalue weighted by molar-refractivity contribution is 5.91. The molecular weight excluding hydrogens is 341 g/mol. The van der Waals surface area contributed by atoms with Gasteiger partial charge in [-0.05, 0) is 66.4 Å². The number of carbonyl (C=O) groups is 1. The van der Waals surface area contributed by atoms with Crippen molar-refractivity contribution in [3.05, 3.63) is 83.3 Å². The van der Waals surface area contributed by atoms with E-state index >= 15 is 0 Å². The first-order valence-electron chi connectivity index (χ1n) is 9.16. The Hall–Kier alpha value is -3.01. The molecule has 0 unspecified atom stereocenters. The molecule has 3 nitrogen and oxygen atoms in total. The van der Waals surface area contributed by atoms with E-state index in [-0.39, 0.29) is 5.56 Å². The third-order valence-electron chi connectivity index (χ3n) is 4.39. The predicted octanol–water partition coefficient (Wildman–Crippen LogP) is 5.62. The fourth-order valence-electron chi connectivity index (χ4n) is 2.83. The van der Waals surface area contributed by atoms with Gasteiger partial charge in [0.15, 0.2) is 0 Å². The molecule has 3 aromatic rings. The third kappa shape index (κ3) is 4.59. The Morgan fingerprint density at radius 1 is 1.00 bits per heavy atom. The molecule has 0 bridgehead atoms. The molecule has 0 spiro atoms. The van der Waals surface area contributed by atoms with Crippen molar-refractivity contribution >= 4 is 5.97 Å². The van der Waals surface area contributed by atoms with Gasteiger partial charge < -0.3 is 4.74 Å². The molecule has 0 aliphatic rings. The Balaban J connectivity index is 1.71. The summed E-state index contributed by atoms with van der Waals surface area (Å²) in [7, 11) is 0. The number of pyridine rings is 1. The summed E-state index contributed by atoms with van der Waals surface area (Å²) in [6.07, 6.45) is 4.50. The maximum atomic E-state index is 14.2. The Kier molecular flexibility index (Phi) is 5.97. The van der Waals surface area contributed by atoms with Gasteiger partial charge in [0.1, 0.15) is 11.6 Å². The molecule has 0 atom stereocenters. The standard InChI is InChI=1S/C23H22FNO2/c1-3-5-17-6-12-20(21(24)14-17)23(26)27-19-10-8-18(9-11-19)22-13-7-16(4-2)15-25-22/h6-15H,3-5H2,1-2H3. The molecule has 0 amide bonds. The van der Waals surface area contributed by atoms with Gasteiger partial charge in [0.2, 0.25) is 0 Å². The molecule has 1 heterocycles. The highest BCUT2D eigenvalue weighted by Crippen LogP contribution is 2.22. The number of carbonyl (C=O) groups excluding carboxylic acids is 1. The van der Waals surface area contributed by atoms with E-state index in [1.807, 2.05) is 37.4 Å². The number of halogens is 1. The maximum absolute atomic E-state index is 14.2. The quantitative estimate of drug-likeness (QED) is 0.421. The lowest BCUT2D eigenvalue weighted by molar-refractivity contribution is 0.0730. The molecule has 4 heteroatoms. The summed E-state index contributed by atoms with van der Waals surface area (Å²) >= 11 is 0. The molecule has 0 saturated heterocycles. The number of aryl methyl sites for hydroxylation is 2. The fourth-order valence-corrected chi connectivity index (χ4v) is 2.83. The normalized spacial score (nSPS) is 10.6. The second-order valence-electron chi connectivity index (χ2n) is 6.38. The second-order valence-corrected chi connectivity index (χ2v) is 6.38. The number of benzene rings is 2. The predicted molar refractivity (Wildman–Crippen MR) is 104 cm³/mol.